The fraction of sp³-hybridized carbons (Fsp3) is 0.357. The summed E-state index contributed by atoms with van der Waals surface area (Å²) >= 11 is 0. The van der Waals surface area contributed by atoms with Crippen LogP contribution < -0.4 is 5.32 Å². The van der Waals surface area contributed by atoms with Gasteiger partial charge in [-0.25, -0.2) is 0 Å². The van der Waals surface area contributed by atoms with E-state index >= 15 is 0 Å². The first-order valence-corrected chi connectivity index (χ1v) is 11.6. The van der Waals surface area contributed by atoms with E-state index in [1.807, 2.05) is 57.2 Å². The van der Waals surface area contributed by atoms with E-state index in [0.29, 0.717) is 19.4 Å². The van der Waals surface area contributed by atoms with Gasteiger partial charge in [-0.3, -0.25) is 9.59 Å². The molecular weight excluding hydrogens is 396 g/mol. The lowest BCUT2D eigenvalue weighted by Crippen LogP contribution is -2.50. The van der Waals surface area contributed by atoms with Crippen molar-refractivity contribution in [2.45, 2.75) is 58.5 Å². The molecule has 0 radical (unpaired) electrons. The Morgan fingerprint density at radius 1 is 0.875 bits per heavy atom. The first kappa shape index (κ1) is 23.5. The summed E-state index contributed by atoms with van der Waals surface area (Å²) < 4.78 is 0. The van der Waals surface area contributed by atoms with Crippen LogP contribution in [0.4, 0.5) is 0 Å². The van der Waals surface area contributed by atoms with Gasteiger partial charge in [-0.2, -0.15) is 0 Å². The summed E-state index contributed by atoms with van der Waals surface area (Å²) in [6.45, 7) is 6.38. The Bertz CT molecular complexity index is 1030. The molecule has 3 aromatic carbocycles. The molecule has 3 rings (SSSR count). The number of rotatable bonds is 10. The molecule has 2 amide bonds. The van der Waals surface area contributed by atoms with Crippen LogP contribution in [0.1, 0.15) is 44.7 Å². The molecule has 0 saturated heterocycles. The molecule has 0 aliphatic heterocycles. The molecule has 0 bridgehead atoms. The molecule has 0 aliphatic rings. The SMILES string of the molecule is CC[C@H](C)NC(=O)[C@H](C)N(CCc1ccccc1)C(=O)CCc1cccc2ccccc12. The van der Waals surface area contributed by atoms with Gasteiger partial charge in [0.15, 0.2) is 0 Å². The second-order valence-corrected chi connectivity index (χ2v) is 8.45. The average Bonchev–Trinajstić information content (AvgIpc) is 2.83. The van der Waals surface area contributed by atoms with Crippen molar-refractivity contribution < 1.29 is 9.59 Å². The summed E-state index contributed by atoms with van der Waals surface area (Å²) in [5, 5.41) is 5.39. The smallest absolute Gasteiger partial charge is 0.242 e. The Hall–Kier alpha value is -3.14. The third-order valence-electron chi connectivity index (χ3n) is 6.14. The van der Waals surface area contributed by atoms with Gasteiger partial charge in [0.2, 0.25) is 11.8 Å². The Labute approximate surface area is 191 Å². The van der Waals surface area contributed by atoms with E-state index in [-0.39, 0.29) is 17.9 Å². The quantitative estimate of drug-likeness (QED) is 0.484. The van der Waals surface area contributed by atoms with Gasteiger partial charge in [-0.15, -0.1) is 0 Å². The van der Waals surface area contributed by atoms with Gasteiger partial charge >= 0.3 is 0 Å². The zero-order valence-electron chi connectivity index (χ0n) is 19.4. The van der Waals surface area contributed by atoms with Crippen molar-refractivity contribution >= 4 is 22.6 Å². The highest BCUT2D eigenvalue weighted by atomic mass is 16.2. The fourth-order valence-corrected chi connectivity index (χ4v) is 3.93. The van der Waals surface area contributed by atoms with Crippen molar-refractivity contribution in [2.24, 2.45) is 0 Å². The number of nitrogens with one attached hydrogen (secondary N) is 1. The summed E-state index contributed by atoms with van der Waals surface area (Å²) in [6.07, 6.45) is 2.62. The van der Waals surface area contributed by atoms with E-state index in [1.165, 1.54) is 10.8 Å². The maximum absolute atomic E-state index is 13.3. The van der Waals surface area contributed by atoms with Crippen LogP contribution in [0.15, 0.2) is 72.8 Å². The highest BCUT2D eigenvalue weighted by Gasteiger charge is 2.26. The maximum atomic E-state index is 13.3. The lowest BCUT2D eigenvalue weighted by molar-refractivity contribution is -0.140. The molecule has 168 valence electrons. The number of nitrogens with zero attached hydrogens (tertiary/aromatic N) is 1. The third kappa shape index (κ3) is 6.19. The van der Waals surface area contributed by atoms with Crippen molar-refractivity contribution in [1.29, 1.82) is 0 Å². The lowest BCUT2D eigenvalue weighted by Gasteiger charge is -2.30. The topological polar surface area (TPSA) is 49.4 Å². The standard InChI is InChI=1S/C28H34N2O2/c1-4-21(2)29-28(32)22(3)30(20-19-23-11-6-5-7-12-23)27(31)18-17-25-15-10-14-24-13-8-9-16-26(24)25/h5-16,21-22H,4,17-20H2,1-3H3,(H,29,32)/t21-,22-/m0/s1. The summed E-state index contributed by atoms with van der Waals surface area (Å²) in [7, 11) is 0. The van der Waals surface area contributed by atoms with Crippen molar-refractivity contribution in [1.82, 2.24) is 10.2 Å². The van der Waals surface area contributed by atoms with Crippen molar-refractivity contribution in [2.75, 3.05) is 6.54 Å². The normalized spacial score (nSPS) is 12.8. The van der Waals surface area contributed by atoms with Crippen LogP contribution in [0.25, 0.3) is 10.8 Å². The number of carbonyl (C=O) groups excluding carboxylic acids is 2. The van der Waals surface area contributed by atoms with Gasteiger partial charge in [0.05, 0.1) is 0 Å². The second kappa shape index (κ2) is 11.5. The number of fused-ring (bicyclic) bond motifs is 1. The van der Waals surface area contributed by atoms with Crippen LogP contribution in [0.5, 0.6) is 0 Å². The summed E-state index contributed by atoms with van der Waals surface area (Å²) in [4.78, 5) is 27.9. The van der Waals surface area contributed by atoms with Gasteiger partial charge < -0.3 is 10.2 Å². The molecule has 4 nitrogen and oxygen atoms in total. The number of hydrogen-bond donors (Lipinski definition) is 1. The van der Waals surface area contributed by atoms with E-state index in [1.54, 1.807) is 4.90 Å². The molecule has 0 saturated carbocycles. The van der Waals surface area contributed by atoms with E-state index < -0.39 is 6.04 Å². The van der Waals surface area contributed by atoms with Gasteiger partial charge in [0.25, 0.3) is 0 Å². The number of hydrogen-bond acceptors (Lipinski definition) is 2. The molecule has 0 heterocycles. The summed E-state index contributed by atoms with van der Waals surface area (Å²) in [5.74, 6) is -0.0772. The summed E-state index contributed by atoms with van der Waals surface area (Å²) in [6, 6.07) is 24.2. The fourth-order valence-electron chi connectivity index (χ4n) is 3.93. The number of carbonyl (C=O) groups is 2. The molecule has 4 heteroatoms. The van der Waals surface area contributed by atoms with E-state index in [4.69, 9.17) is 0 Å². The van der Waals surface area contributed by atoms with E-state index in [2.05, 4.69) is 41.7 Å². The van der Waals surface area contributed by atoms with Gasteiger partial charge in [-0.1, -0.05) is 79.7 Å². The Kier molecular flexibility index (Phi) is 8.43. The van der Waals surface area contributed by atoms with Gasteiger partial charge in [0.1, 0.15) is 6.04 Å². The van der Waals surface area contributed by atoms with Crippen molar-refractivity contribution in [3.8, 4) is 0 Å². The molecule has 0 aliphatic carbocycles. The largest absolute Gasteiger partial charge is 0.352 e. The second-order valence-electron chi connectivity index (χ2n) is 8.45. The molecule has 0 fully saturated rings. The van der Waals surface area contributed by atoms with Crippen molar-refractivity contribution in [3.63, 3.8) is 0 Å². The molecule has 0 aromatic heterocycles. The molecule has 1 N–H and O–H groups in total. The van der Waals surface area contributed by atoms with E-state index in [9.17, 15) is 9.59 Å². The minimum atomic E-state index is -0.507. The minimum Gasteiger partial charge on any atom is -0.352 e. The van der Waals surface area contributed by atoms with E-state index in [0.717, 1.165) is 24.0 Å². The Morgan fingerprint density at radius 2 is 1.56 bits per heavy atom. The Balaban J connectivity index is 1.73. The number of amides is 2. The minimum absolute atomic E-state index is 0.0145. The highest BCUT2D eigenvalue weighted by molar-refractivity contribution is 5.89. The molecule has 3 aromatic rings. The van der Waals surface area contributed by atoms with Crippen LogP contribution in [-0.2, 0) is 22.4 Å². The van der Waals surface area contributed by atoms with Gasteiger partial charge in [-0.05, 0) is 55.0 Å². The summed E-state index contributed by atoms with van der Waals surface area (Å²) in [5.41, 5.74) is 2.32. The predicted molar refractivity (Wildman–Crippen MR) is 131 cm³/mol. The number of benzene rings is 3. The lowest BCUT2D eigenvalue weighted by atomic mass is 10.0. The van der Waals surface area contributed by atoms with Crippen LogP contribution in [0, 0.1) is 0 Å². The highest BCUT2D eigenvalue weighted by Crippen LogP contribution is 2.20. The third-order valence-corrected chi connectivity index (χ3v) is 6.14. The Morgan fingerprint density at radius 3 is 2.31 bits per heavy atom. The average molecular weight is 431 g/mol. The molecular formula is C28H34N2O2. The first-order chi connectivity index (χ1) is 15.5. The number of aryl methyl sites for hydroxylation is 1. The van der Waals surface area contributed by atoms with Crippen LogP contribution in [0.2, 0.25) is 0 Å². The molecule has 2 atom stereocenters. The predicted octanol–water partition coefficient (Wildman–Crippen LogP) is 5.15. The zero-order chi connectivity index (χ0) is 22.9. The zero-order valence-corrected chi connectivity index (χ0v) is 19.4. The monoisotopic (exact) mass is 430 g/mol. The maximum Gasteiger partial charge on any atom is 0.242 e. The van der Waals surface area contributed by atoms with Crippen molar-refractivity contribution in [3.05, 3.63) is 83.9 Å². The molecule has 0 unspecified atom stereocenters. The van der Waals surface area contributed by atoms with Crippen LogP contribution in [0.3, 0.4) is 0 Å². The molecule has 32 heavy (non-hydrogen) atoms. The first-order valence-electron chi connectivity index (χ1n) is 11.6. The van der Waals surface area contributed by atoms with Crippen LogP contribution in [-0.4, -0.2) is 35.3 Å². The van der Waals surface area contributed by atoms with Gasteiger partial charge in [0, 0.05) is 19.0 Å². The van der Waals surface area contributed by atoms with Crippen LogP contribution >= 0.6 is 0 Å². The molecule has 0 spiro atoms.